The summed E-state index contributed by atoms with van der Waals surface area (Å²) in [4.78, 5) is 0. The molecule has 0 atom stereocenters. The Morgan fingerprint density at radius 2 is 2.38 bits per heavy atom. The molecule has 48 valence electrons. The van der Waals surface area contributed by atoms with Gasteiger partial charge in [-0.25, -0.2) is 0 Å². The van der Waals surface area contributed by atoms with E-state index >= 15 is 0 Å². The summed E-state index contributed by atoms with van der Waals surface area (Å²) in [6.07, 6.45) is 1.94. The van der Waals surface area contributed by atoms with Crippen molar-refractivity contribution >= 4 is 11.6 Å². The Morgan fingerprint density at radius 1 is 1.75 bits per heavy atom. The molecule has 1 nitrogen and oxygen atoms in total. The summed E-state index contributed by atoms with van der Waals surface area (Å²) in [5.74, 6) is 0. The summed E-state index contributed by atoms with van der Waals surface area (Å²) >= 11 is 5.32. The zero-order chi connectivity index (χ0) is 6.41. The lowest BCUT2D eigenvalue weighted by Crippen LogP contribution is -1.86. The molecule has 0 amide bonds. The molecule has 0 bridgehead atoms. The van der Waals surface area contributed by atoms with Crippen molar-refractivity contribution in [2.75, 3.05) is 6.61 Å². The zero-order valence-corrected chi connectivity index (χ0v) is 5.78. The van der Waals surface area contributed by atoms with Crippen LogP contribution in [0.3, 0.4) is 0 Å². The molecule has 0 aliphatic heterocycles. The topological polar surface area (TPSA) is 20.2 Å². The highest BCUT2D eigenvalue weighted by molar-refractivity contribution is 6.25. The van der Waals surface area contributed by atoms with E-state index in [0.29, 0.717) is 0 Å². The van der Waals surface area contributed by atoms with Crippen LogP contribution in [0.4, 0.5) is 0 Å². The summed E-state index contributed by atoms with van der Waals surface area (Å²) in [6, 6.07) is 0. The maximum Gasteiger partial charge on any atom is 0.0653 e. The Bertz CT molecular complexity index is 78.6. The highest BCUT2D eigenvalue weighted by atomic mass is 35.5. The third-order valence-corrected chi connectivity index (χ3v) is 1.24. The van der Waals surface area contributed by atoms with Crippen molar-refractivity contribution in [3.63, 3.8) is 0 Å². The first-order valence-corrected chi connectivity index (χ1v) is 3.17. The number of hydrogen-bond donors (Lipinski definition) is 1. The van der Waals surface area contributed by atoms with Crippen molar-refractivity contribution < 1.29 is 5.11 Å². The first kappa shape index (κ1) is 7.99. The summed E-state index contributed by atoms with van der Waals surface area (Å²) in [5.41, 5.74) is 2.36. The van der Waals surface area contributed by atoms with Crippen LogP contribution in [0.25, 0.3) is 0 Å². The minimum absolute atomic E-state index is 0.0946. The van der Waals surface area contributed by atoms with Gasteiger partial charge in [0.25, 0.3) is 0 Å². The molecule has 0 rings (SSSR count). The van der Waals surface area contributed by atoms with E-state index in [1.54, 1.807) is 0 Å². The van der Waals surface area contributed by atoms with Crippen LogP contribution in [0.5, 0.6) is 0 Å². The van der Waals surface area contributed by atoms with Crippen LogP contribution < -0.4 is 0 Å². The zero-order valence-electron chi connectivity index (χ0n) is 5.02. The molecule has 0 heterocycles. The van der Waals surface area contributed by atoms with E-state index in [2.05, 4.69) is 6.92 Å². The van der Waals surface area contributed by atoms with Crippen LogP contribution in [0, 0.1) is 0 Å². The molecule has 0 spiro atoms. The van der Waals surface area contributed by atoms with Gasteiger partial charge in [0, 0.05) is 5.54 Å². The fraction of sp³-hybridized carbons (Fsp3) is 0.667. The number of hydrogen-bond acceptors (Lipinski definition) is 1. The third-order valence-electron chi connectivity index (χ3n) is 0.929. The standard InChI is InChI=1S/C6H11ClO/c1-2-3-6(4-7)5-8/h4,8H,2-3,5H2,1H3. The molecule has 0 aliphatic rings. The predicted octanol–water partition coefficient (Wildman–Crippen LogP) is 1.90. The van der Waals surface area contributed by atoms with Gasteiger partial charge in [-0.3, -0.25) is 0 Å². The van der Waals surface area contributed by atoms with Crippen molar-refractivity contribution in [3.05, 3.63) is 11.1 Å². The second-order valence-electron chi connectivity index (χ2n) is 1.68. The van der Waals surface area contributed by atoms with Gasteiger partial charge in [-0.15, -0.1) is 0 Å². The molecule has 0 aromatic heterocycles. The fourth-order valence-electron chi connectivity index (χ4n) is 0.489. The van der Waals surface area contributed by atoms with Crippen LogP contribution in [0.2, 0.25) is 0 Å². The number of aliphatic hydroxyl groups excluding tert-OH is 1. The normalized spacial score (nSPS) is 12.1. The minimum Gasteiger partial charge on any atom is -0.392 e. The predicted molar refractivity (Wildman–Crippen MR) is 35.9 cm³/mol. The summed E-state index contributed by atoms with van der Waals surface area (Å²) in [6.45, 7) is 2.15. The van der Waals surface area contributed by atoms with Gasteiger partial charge in [0.05, 0.1) is 6.61 Å². The summed E-state index contributed by atoms with van der Waals surface area (Å²) in [5, 5.41) is 8.50. The smallest absolute Gasteiger partial charge is 0.0653 e. The highest BCUT2D eigenvalue weighted by Gasteiger charge is 1.89. The lowest BCUT2D eigenvalue weighted by atomic mass is 10.2. The van der Waals surface area contributed by atoms with Crippen molar-refractivity contribution in [1.29, 1.82) is 0 Å². The average molecular weight is 135 g/mol. The molecule has 0 unspecified atom stereocenters. The molecule has 0 aromatic rings. The Hall–Kier alpha value is -0.0100. The van der Waals surface area contributed by atoms with Crippen LogP contribution in [-0.2, 0) is 0 Å². The van der Waals surface area contributed by atoms with Crippen molar-refractivity contribution in [2.45, 2.75) is 19.8 Å². The van der Waals surface area contributed by atoms with Crippen LogP contribution in [0.1, 0.15) is 19.8 Å². The molecule has 0 radical (unpaired) electrons. The molecular formula is C6H11ClO. The van der Waals surface area contributed by atoms with E-state index < -0.39 is 0 Å². The van der Waals surface area contributed by atoms with E-state index in [4.69, 9.17) is 16.7 Å². The van der Waals surface area contributed by atoms with Gasteiger partial charge in [-0.05, 0) is 12.0 Å². The SMILES string of the molecule is CCCC(=CCl)CO. The van der Waals surface area contributed by atoms with Crippen LogP contribution >= 0.6 is 11.6 Å². The lowest BCUT2D eigenvalue weighted by molar-refractivity contribution is 0.326. The second-order valence-corrected chi connectivity index (χ2v) is 1.89. The summed E-state index contributed by atoms with van der Waals surface area (Å²) < 4.78 is 0. The Morgan fingerprint density at radius 3 is 2.50 bits per heavy atom. The Labute approximate surface area is 55.0 Å². The molecule has 0 aliphatic carbocycles. The second kappa shape index (κ2) is 5.13. The first-order valence-electron chi connectivity index (χ1n) is 2.74. The first-order chi connectivity index (χ1) is 3.85. The van der Waals surface area contributed by atoms with Crippen molar-refractivity contribution in [1.82, 2.24) is 0 Å². The average Bonchev–Trinajstić information content (AvgIpc) is 1.83. The quantitative estimate of drug-likeness (QED) is 0.625. The molecule has 0 saturated heterocycles. The molecule has 0 aromatic carbocycles. The monoisotopic (exact) mass is 134 g/mol. The van der Waals surface area contributed by atoms with E-state index in [9.17, 15) is 0 Å². The van der Waals surface area contributed by atoms with E-state index in [1.807, 2.05) is 0 Å². The number of rotatable bonds is 3. The molecular weight excluding hydrogens is 124 g/mol. The van der Waals surface area contributed by atoms with Crippen molar-refractivity contribution in [3.8, 4) is 0 Å². The number of aliphatic hydroxyl groups is 1. The molecule has 8 heavy (non-hydrogen) atoms. The molecule has 2 heteroatoms. The van der Waals surface area contributed by atoms with Gasteiger partial charge in [0.2, 0.25) is 0 Å². The lowest BCUT2D eigenvalue weighted by Gasteiger charge is -1.95. The summed E-state index contributed by atoms with van der Waals surface area (Å²) in [7, 11) is 0. The highest BCUT2D eigenvalue weighted by Crippen LogP contribution is 2.03. The van der Waals surface area contributed by atoms with Gasteiger partial charge >= 0.3 is 0 Å². The fourth-order valence-corrected chi connectivity index (χ4v) is 0.667. The maximum absolute atomic E-state index is 8.50. The Kier molecular flexibility index (Phi) is 5.13. The van der Waals surface area contributed by atoms with E-state index in [0.717, 1.165) is 18.4 Å². The number of halogens is 1. The van der Waals surface area contributed by atoms with Gasteiger partial charge in [-0.2, -0.15) is 0 Å². The van der Waals surface area contributed by atoms with E-state index in [-0.39, 0.29) is 6.61 Å². The Balaban J connectivity index is 3.38. The van der Waals surface area contributed by atoms with Gasteiger partial charge < -0.3 is 5.11 Å². The third kappa shape index (κ3) is 3.05. The van der Waals surface area contributed by atoms with Crippen molar-refractivity contribution in [2.24, 2.45) is 0 Å². The van der Waals surface area contributed by atoms with Crippen LogP contribution in [-0.4, -0.2) is 11.7 Å². The van der Waals surface area contributed by atoms with Crippen LogP contribution in [0.15, 0.2) is 11.1 Å². The van der Waals surface area contributed by atoms with Gasteiger partial charge in [0.1, 0.15) is 0 Å². The molecule has 1 N–H and O–H groups in total. The van der Waals surface area contributed by atoms with E-state index in [1.165, 1.54) is 5.54 Å². The molecule has 0 fully saturated rings. The largest absolute Gasteiger partial charge is 0.392 e. The van der Waals surface area contributed by atoms with Gasteiger partial charge in [0.15, 0.2) is 0 Å². The van der Waals surface area contributed by atoms with Gasteiger partial charge in [-0.1, -0.05) is 24.9 Å². The maximum atomic E-state index is 8.50. The molecule has 0 saturated carbocycles. The minimum atomic E-state index is 0.0946.